The zero-order valence-corrected chi connectivity index (χ0v) is 17.2. The van der Waals surface area contributed by atoms with Gasteiger partial charge in [0.1, 0.15) is 6.54 Å². The van der Waals surface area contributed by atoms with Crippen LogP contribution in [0.4, 0.5) is 5.69 Å². The van der Waals surface area contributed by atoms with Crippen LogP contribution in [0.2, 0.25) is 0 Å². The summed E-state index contributed by atoms with van der Waals surface area (Å²) in [6.07, 6.45) is 5.38. The highest BCUT2D eigenvalue weighted by atomic mass is 16.5. The lowest BCUT2D eigenvalue weighted by Crippen LogP contribution is -2.53. The molecule has 0 radical (unpaired) electrons. The summed E-state index contributed by atoms with van der Waals surface area (Å²) in [7, 11) is 0. The molecular formula is C21H31N5O3. The van der Waals surface area contributed by atoms with Crippen molar-refractivity contribution in [2.75, 3.05) is 57.8 Å². The summed E-state index contributed by atoms with van der Waals surface area (Å²) in [6.45, 7) is 8.15. The molecule has 1 aromatic carbocycles. The van der Waals surface area contributed by atoms with Crippen molar-refractivity contribution in [3.05, 3.63) is 29.8 Å². The van der Waals surface area contributed by atoms with Crippen molar-refractivity contribution in [1.82, 2.24) is 15.5 Å². The van der Waals surface area contributed by atoms with Crippen molar-refractivity contribution < 1.29 is 14.6 Å². The molecule has 0 spiro atoms. The van der Waals surface area contributed by atoms with Crippen molar-refractivity contribution in [3.8, 4) is 12.3 Å². The number of benzene rings is 1. The van der Waals surface area contributed by atoms with Gasteiger partial charge < -0.3 is 25.8 Å². The van der Waals surface area contributed by atoms with E-state index in [4.69, 9.17) is 11.2 Å². The normalized spacial score (nSPS) is 17.1. The van der Waals surface area contributed by atoms with Crippen molar-refractivity contribution in [1.29, 1.82) is 0 Å². The number of β-amino-alcohol motifs (C(OH)–C–C–N with tert-alkyl or cyclic N) is 1. The van der Waals surface area contributed by atoms with Gasteiger partial charge >= 0.3 is 0 Å². The van der Waals surface area contributed by atoms with Crippen LogP contribution in [0.15, 0.2) is 29.3 Å². The summed E-state index contributed by atoms with van der Waals surface area (Å²) in [5.41, 5.74) is 0.390. The molecule has 1 aliphatic rings. The molecule has 1 aromatic rings. The van der Waals surface area contributed by atoms with E-state index in [0.717, 1.165) is 13.1 Å². The Labute approximate surface area is 172 Å². The van der Waals surface area contributed by atoms with Gasteiger partial charge in [-0.1, -0.05) is 12.0 Å². The molecule has 0 bridgehead atoms. The predicted molar refractivity (Wildman–Crippen MR) is 115 cm³/mol. The molecular weight excluding hydrogens is 370 g/mol. The van der Waals surface area contributed by atoms with Gasteiger partial charge in [0.15, 0.2) is 5.96 Å². The number of nitrogens with one attached hydrogen (secondary N) is 3. The van der Waals surface area contributed by atoms with E-state index in [1.54, 1.807) is 31.2 Å². The Morgan fingerprint density at radius 1 is 1.38 bits per heavy atom. The monoisotopic (exact) mass is 401 g/mol. The number of amides is 1. The number of guanidine groups is 1. The molecule has 8 heteroatoms. The molecule has 0 aliphatic carbocycles. The number of carbonyl (C=O) groups is 1. The predicted octanol–water partition coefficient (Wildman–Crippen LogP) is 0.245. The molecule has 2 rings (SSSR count). The van der Waals surface area contributed by atoms with Crippen LogP contribution in [0.3, 0.4) is 0 Å². The summed E-state index contributed by atoms with van der Waals surface area (Å²) in [4.78, 5) is 18.7. The van der Waals surface area contributed by atoms with Gasteiger partial charge in [0.05, 0.1) is 18.8 Å². The van der Waals surface area contributed by atoms with E-state index < -0.39 is 5.60 Å². The maximum Gasteiger partial charge on any atom is 0.246 e. The van der Waals surface area contributed by atoms with E-state index in [9.17, 15) is 9.90 Å². The van der Waals surface area contributed by atoms with E-state index in [2.05, 4.69) is 31.8 Å². The van der Waals surface area contributed by atoms with Crippen molar-refractivity contribution in [3.63, 3.8) is 0 Å². The number of aliphatic imine (C=N–C) groups is 1. The fourth-order valence-electron chi connectivity index (χ4n) is 2.95. The molecule has 4 N–H and O–H groups in total. The highest BCUT2D eigenvalue weighted by molar-refractivity contribution is 5.94. The van der Waals surface area contributed by atoms with Crippen LogP contribution >= 0.6 is 0 Å². The molecule has 1 heterocycles. The second-order valence-corrected chi connectivity index (χ2v) is 7.21. The number of aliphatic hydroxyl groups is 1. The van der Waals surface area contributed by atoms with Crippen LogP contribution in [0.25, 0.3) is 0 Å². The molecule has 158 valence electrons. The number of hydrogen-bond donors (Lipinski definition) is 4. The average Bonchev–Trinajstić information content (AvgIpc) is 2.70. The minimum atomic E-state index is -0.939. The highest BCUT2D eigenvalue weighted by Gasteiger charge is 2.25. The topological polar surface area (TPSA) is 98.2 Å². The van der Waals surface area contributed by atoms with Crippen LogP contribution in [0.1, 0.15) is 19.4 Å². The van der Waals surface area contributed by atoms with Gasteiger partial charge in [0.2, 0.25) is 5.91 Å². The van der Waals surface area contributed by atoms with Crippen molar-refractivity contribution in [2.45, 2.75) is 19.4 Å². The fourth-order valence-corrected chi connectivity index (χ4v) is 2.95. The quantitative estimate of drug-likeness (QED) is 0.283. The third kappa shape index (κ3) is 8.52. The van der Waals surface area contributed by atoms with Crippen LogP contribution < -0.4 is 16.0 Å². The number of terminal acetylenes is 1. The minimum Gasteiger partial charge on any atom is -0.387 e. The third-order valence-electron chi connectivity index (χ3n) is 4.34. The highest BCUT2D eigenvalue weighted by Crippen LogP contribution is 2.10. The van der Waals surface area contributed by atoms with Gasteiger partial charge in [-0.2, -0.15) is 0 Å². The third-order valence-corrected chi connectivity index (χ3v) is 4.34. The smallest absolute Gasteiger partial charge is 0.246 e. The Balaban J connectivity index is 1.85. The number of hydrogen-bond acceptors (Lipinski definition) is 5. The van der Waals surface area contributed by atoms with Crippen LogP contribution in [-0.4, -0.2) is 80.0 Å². The average molecular weight is 402 g/mol. The molecule has 0 aromatic heterocycles. The molecule has 0 saturated carbocycles. The summed E-state index contributed by atoms with van der Waals surface area (Å²) >= 11 is 0. The minimum absolute atomic E-state index is 0.0543. The van der Waals surface area contributed by atoms with E-state index >= 15 is 0 Å². The molecule has 1 saturated heterocycles. The van der Waals surface area contributed by atoms with Crippen LogP contribution in [-0.2, 0) is 9.53 Å². The Bertz CT molecular complexity index is 736. The lowest BCUT2D eigenvalue weighted by atomic mass is 10.1. The van der Waals surface area contributed by atoms with Gasteiger partial charge in [0.25, 0.3) is 0 Å². The first-order valence-corrected chi connectivity index (χ1v) is 9.83. The number of ether oxygens (including phenoxy) is 1. The summed E-state index contributed by atoms with van der Waals surface area (Å²) < 4.78 is 5.34. The fraction of sp³-hybridized carbons (Fsp3) is 0.524. The summed E-state index contributed by atoms with van der Waals surface area (Å²) in [5, 5.41) is 19.7. The number of carbonyl (C=O) groups excluding carboxylic acids is 1. The van der Waals surface area contributed by atoms with E-state index in [1.165, 1.54) is 0 Å². The Morgan fingerprint density at radius 3 is 2.83 bits per heavy atom. The SMILES string of the molecule is C#Cc1cccc(NC(=O)CN=C(NCC)NCC(C)(O)CN2CCOCC2)c1. The molecule has 1 unspecified atom stereocenters. The first-order valence-electron chi connectivity index (χ1n) is 9.83. The molecule has 8 nitrogen and oxygen atoms in total. The standard InChI is InChI=1S/C21H31N5O3/c1-4-17-7-6-8-18(13-17)25-19(27)14-23-20(22-5-2)24-15-21(3,28)16-26-9-11-29-12-10-26/h1,6-8,13,28H,5,9-12,14-16H2,2-3H3,(H,25,27)(H2,22,23,24). The zero-order valence-electron chi connectivity index (χ0n) is 17.2. The second-order valence-electron chi connectivity index (χ2n) is 7.21. The maximum atomic E-state index is 12.2. The van der Waals surface area contributed by atoms with Crippen molar-refractivity contribution >= 4 is 17.6 Å². The lowest BCUT2D eigenvalue weighted by Gasteiger charge is -2.34. The largest absolute Gasteiger partial charge is 0.387 e. The molecule has 1 fully saturated rings. The van der Waals surface area contributed by atoms with Gasteiger partial charge in [-0.15, -0.1) is 6.42 Å². The Morgan fingerprint density at radius 2 is 2.14 bits per heavy atom. The van der Waals surface area contributed by atoms with Crippen LogP contribution in [0, 0.1) is 12.3 Å². The summed E-state index contributed by atoms with van der Waals surface area (Å²) in [5.74, 6) is 2.76. The number of rotatable bonds is 8. The Hall–Kier alpha value is -2.60. The molecule has 1 atom stereocenters. The number of morpholine rings is 1. The van der Waals surface area contributed by atoms with E-state index in [0.29, 0.717) is 50.1 Å². The van der Waals surface area contributed by atoms with E-state index in [1.807, 2.05) is 6.92 Å². The van der Waals surface area contributed by atoms with Gasteiger partial charge in [-0.25, -0.2) is 4.99 Å². The second kappa shape index (κ2) is 11.4. The molecule has 1 amide bonds. The maximum absolute atomic E-state index is 12.2. The number of anilines is 1. The van der Waals surface area contributed by atoms with Gasteiger partial charge in [-0.3, -0.25) is 9.69 Å². The first-order chi connectivity index (χ1) is 13.9. The lowest BCUT2D eigenvalue weighted by molar-refractivity contribution is -0.114. The number of nitrogens with zero attached hydrogens (tertiary/aromatic N) is 2. The zero-order chi connectivity index (χ0) is 21.1. The molecule has 29 heavy (non-hydrogen) atoms. The summed E-state index contributed by atoms with van der Waals surface area (Å²) in [6, 6.07) is 7.09. The van der Waals surface area contributed by atoms with Crippen LogP contribution in [0.5, 0.6) is 0 Å². The van der Waals surface area contributed by atoms with Crippen molar-refractivity contribution in [2.24, 2.45) is 4.99 Å². The van der Waals surface area contributed by atoms with Gasteiger partial charge in [-0.05, 0) is 32.0 Å². The van der Waals surface area contributed by atoms with Gasteiger partial charge in [0, 0.05) is 44.0 Å². The molecule has 1 aliphatic heterocycles. The first kappa shape index (κ1) is 22.7. The Kier molecular flexibility index (Phi) is 8.93. The van der Waals surface area contributed by atoms with E-state index in [-0.39, 0.29) is 12.5 Å².